The van der Waals surface area contributed by atoms with Crippen LogP contribution in [0, 0.1) is 0 Å². The lowest BCUT2D eigenvalue weighted by atomic mass is 9.90. The van der Waals surface area contributed by atoms with E-state index in [0.29, 0.717) is 6.61 Å². The molecule has 0 aliphatic carbocycles. The molecule has 2 aromatic rings. The normalized spacial score (nSPS) is 14.0. The first-order valence-corrected chi connectivity index (χ1v) is 18.2. The second-order valence-corrected chi connectivity index (χ2v) is 13.5. The van der Waals surface area contributed by atoms with Gasteiger partial charge in [-0.15, -0.1) is 0 Å². The van der Waals surface area contributed by atoms with Gasteiger partial charge in [0, 0.05) is 12.6 Å². The number of rotatable bonds is 25. The molecule has 2 rings (SSSR count). The number of aryl methyl sites for hydroxylation is 4. The second-order valence-electron chi connectivity index (χ2n) is 13.5. The molecule has 0 aliphatic heterocycles. The van der Waals surface area contributed by atoms with Crippen molar-refractivity contribution in [3.63, 3.8) is 0 Å². The van der Waals surface area contributed by atoms with E-state index in [1.807, 2.05) is 6.92 Å². The van der Waals surface area contributed by atoms with Crippen molar-refractivity contribution in [2.24, 2.45) is 11.5 Å². The number of benzene rings is 2. The Labute approximate surface area is 277 Å². The van der Waals surface area contributed by atoms with Gasteiger partial charge in [0.1, 0.15) is 0 Å². The Morgan fingerprint density at radius 2 is 0.844 bits per heavy atom. The third-order valence-electron chi connectivity index (χ3n) is 9.27. The average molecular weight is 627 g/mol. The van der Waals surface area contributed by atoms with E-state index in [9.17, 15) is 10.2 Å². The van der Waals surface area contributed by atoms with E-state index in [-0.39, 0.29) is 13.2 Å². The van der Waals surface area contributed by atoms with Crippen LogP contribution in [0.2, 0.25) is 0 Å². The van der Waals surface area contributed by atoms with E-state index in [4.69, 9.17) is 16.2 Å². The van der Waals surface area contributed by atoms with Gasteiger partial charge >= 0.3 is 0 Å². The fourth-order valence-corrected chi connectivity index (χ4v) is 5.60. The summed E-state index contributed by atoms with van der Waals surface area (Å²) >= 11 is 0. The lowest BCUT2D eigenvalue weighted by molar-refractivity contribution is 0.0817. The lowest BCUT2D eigenvalue weighted by Gasteiger charge is -2.26. The molecule has 2 aromatic carbocycles. The van der Waals surface area contributed by atoms with Crippen molar-refractivity contribution in [2.75, 3.05) is 26.9 Å². The topological polar surface area (TPSA) is 102 Å². The van der Waals surface area contributed by atoms with E-state index in [0.717, 1.165) is 32.1 Å². The predicted octanol–water partition coefficient (Wildman–Crippen LogP) is 8.48. The summed E-state index contributed by atoms with van der Waals surface area (Å²) in [7, 11) is 1.62. The Morgan fingerprint density at radius 3 is 1.18 bits per heavy atom. The van der Waals surface area contributed by atoms with Gasteiger partial charge in [-0.2, -0.15) is 0 Å². The van der Waals surface area contributed by atoms with Crippen LogP contribution in [0.5, 0.6) is 0 Å². The van der Waals surface area contributed by atoms with Crippen LogP contribution in [0.15, 0.2) is 48.5 Å². The van der Waals surface area contributed by atoms with Crippen molar-refractivity contribution < 1.29 is 14.9 Å². The van der Waals surface area contributed by atoms with Crippen LogP contribution >= 0.6 is 0 Å². The molecule has 0 aliphatic rings. The van der Waals surface area contributed by atoms with E-state index in [1.54, 1.807) is 7.11 Å². The lowest BCUT2D eigenvalue weighted by Crippen LogP contribution is -2.48. The van der Waals surface area contributed by atoms with Crippen LogP contribution in [-0.2, 0) is 30.4 Å². The SMILES string of the molecule is CCCCCCCCc1ccc(CCC(N)(CC)CO)cc1.CCCCCCCCc1ccc(CCC(N)(CO)COC)cc1. The molecule has 0 aromatic heterocycles. The van der Waals surface area contributed by atoms with Crippen molar-refractivity contribution in [1.82, 2.24) is 0 Å². The van der Waals surface area contributed by atoms with Crippen LogP contribution in [0.3, 0.4) is 0 Å². The summed E-state index contributed by atoms with van der Waals surface area (Å²) in [6, 6.07) is 17.8. The number of methoxy groups -OCH3 is 1. The molecule has 0 fully saturated rings. The predicted molar refractivity (Wildman–Crippen MR) is 194 cm³/mol. The summed E-state index contributed by atoms with van der Waals surface area (Å²) in [6.45, 7) is 6.97. The fraction of sp³-hybridized carbons (Fsp3) is 0.700. The van der Waals surface area contributed by atoms with Crippen LogP contribution in [0.25, 0.3) is 0 Å². The van der Waals surface area contributed by atoms with Gasteiger partial charge in [0.15, 0.2) is 0 Å². The molecule has 2 atom stereocenters. The van der Waals surface area contributed by atoms with Gasteiger partial charge in [0.05, 0.1) is 25.4 Å². The van der Waals surface area contributed by atoms with E-state index in [2.05, 4.69) is 62.4 Å². The molecule has 0 spiro atoms. The average Bonchev–Trinajstić information content (AvgIpc) is 3.07. The maximum absolute atomic E-state index is 9.41. The maximum Gasteiger partial charge on any atom is 0.0665 e. The molecule has 0 radical (unpaired) electrons. The Hall–Kier alpha value is -1.76. The van der Waals surface area contributed by atoms with Crippen LogP contribution < -0.4 is 11.5 Å². The van der Waals surface area contributed by atoms with Gasteiger partial charge in [-0.1, -0.05) is 134 Å². The first-order valence-electron chi connectivity index (χ1n) is 18.2. The molecule has 6 N–H and O–H groups in total. The zero-order chi connectivity index (χ0) is 33.2. The molecule has 0 heterocycles. The van der Waals surface area contributed by atoms with Gasteiger partial charge in [-0.25, -0.2) is 0 Å². The van der Waals surface area contributed by atoms with Gasteiger partial charge in [-0.05, 0) is 80.0 Å². The number of nitrogens with two attached hydrogens (primary N) is 2. The molecule has 0 bridgehead atoms. The standard InChI is InChI=1S/C20H35NO2.C20H35NO/c1-3-4-5-6-7-8-9-18-10-12-19(13-11-18)14-15-20(21,16-22)17-23-2;1-3-5-6-7-8-9-10-18-11-13-19(14-12-18)15-16-20(21,4-2)17-22/h10-13,22H,3-9,14-17,21H2,1-2H3;11-14,22H,3-10,15-17,21H2,1-2H3. The molecule has 5 nitrogen and oxygen atoms in total. The van der Waals surface area contributed by atoms with Gasteiger partial charge in [-0.3, -0.25) is 0 Å². The molecule has 2 unspecified atom stereocenters. The molecule has 0 amide bonds. The molecule has 5 heteroatoms. The summed E-state index contributed by atoms with van der Waals surface area (Å²) in [5, 5.41) is 18.8. The van der Waals surface area contributed by atoms with Crippen molar-refractivity contribution in [3.05, 3.63) is 70.8 Å². The highest BCUT2D eigenvalue weighted by Gasteiger charge is 2.23. The minimum absolute atomic E-state index is 0.0447. The Kier molecular flexibility index (Phi) is 23.2. The van der Waals surface area contributed by atoms with Crippen LogP contribution in [0.4, 0.5) is 0 Å². The first-order chi connectivity index (χ1) is 21.8. The molecule has 258 valence electrons. The van der Waals surface area contributed by atoms with E-state index in [1.165, 1.54) is 112 Å². The minimum Gasteiger partial charge on any atom is -0.394 e. The second kappa shape index (κ2) is 25.3. The van der Waals surface area contributed by atoms with Crippen molar-refractivity contribution in [1.29, 1.82) is 0 Å². The summed E-state index contributed by atoms with van der Waals surface area (Å²) in [5.74, 6) is 0. The largest absolute Gasteiger partial charge is 0.394 e. The summed E-state index contributed by atoms with van der Waals surface area (Å²) in [5.41, 5.74) is 16.7. The smallest absolute Gasteiger partial charge is 0.0665 e. The highest BCUT2D eigenvalue weighted by Crippen LogP contribution is 2.18. The molecular formula is C40H70N2O3. The Morgan fingerprint density at radius 1 is 0.511 bits per heavy atom. The molecule has 0 saturated carbocycles. The highest BCUT2D eigenvalue weighted by atomic mass is 16.5. The number of aliphatic hydroxyl groups excluding tert-OH is 2. The maximum atomic E-state index is 9.41. The quantitative estimate of drug-likeness (QED) is 0.0828. The van der Waals surface area contributed by atoms with Crippen molar-refractivity contribution in [2.45, 2.75) is 154 Å². The summed E-state index contributed by atoms with van der Waals surface area (Å²) < 4.78 is 5.10. The number of hydrogen-bond donors (Lipinski definition) is 4. The number of unbranched alkanes of at least 4 members (excludes halogenated alkanes) is 10. The van der Waals surface area contributed by atoms with Gasteiger partial charge < -0.3 is 26.4 Å². The third kappa shape index (κ3) is 19.5. The zero-order valence-electron chi connectivity index (χ0n) is 29.6. The number of hydrogen-bond acceptors (Lipinski definition) is 5. The molecule has 0 saturated heterocycles. The van der Waals surface area contributed by atoms with Crippen LogP contribution in [-0.4, -0.2) is 48.2 Å². The third-order valence-corrected chi connectivity index (χ3v) is 9.27. The molecule has 45 heavy (non-hydrogen) atoms. The Balaban J connectivity index is 0.000000450. The van der Waals surface area contributed by atoms with Crippen molar-refractivity contribution >= 4 is 0 Å². The van der Waals surface area contributed by atoms with Crippen LogP contribution in [0.1, 0.15) is 139 Å². The fourth-order valence-electron chi connectivity index (χ4n) is 5.60. The van der Waals surface area contributed by atoms with Crippen molar-refractivity contribution in [3.8, 4) is 0 Å². The monoisotopic (exact) mass is 627 g/mol. The summed E-state index contributed by atoms with van der Waals surface area (Å²) in [4.78, 5) is 0. The van der Waals surface area contributed by atoms with Gasteiger partial charge in [0.25, 0.3) is 0 Å². The number of ether oxygens (including phenoxy) is 1. The minimum atomic E-state index is -0.633. The van der Waals surface area contributed by atoms with Gasteiger partial charge in [0.2, 0.25) is 0 Å². The first kappa shape index (κ1) is 41.3. The highest BCUT2D eigenvalue weighted by molar-refractivity contribution is 5.24. The zero-order valence-corrected chi connectivity index (χ0v) is 29.6. The summed E-state index contributed by atoms with van der Waals surface area (Å²) in [6.07, 6.45) is 22.7. The molecular weight excluding hydrogens is 556 g/mol. The number of aliphatic hydroxyl groups is 2. The Bertz CT molecular complexity index is 943. The van der Waals surface area contributed by atoms with E-state index >= 15 is 0 Å². The van der Waals surface area contributed by atoms with E-state index < -0.39 is 11.1 Å².